The van der Waals surface area contributed by atoms with Crippen LogP contribution in [0.1, 0.15) is 28.9 Å². The molecule has 6 heteroatoms. The third kappa shape index (κ3) is 2.58. The lowest BCUT2D eigenvalue weighted by Gasteiger charge is -2.18. The fourth-order valence-corrected chi connectivity index (χ4v) is 4.52. The zero-order valence-electron chi connectivity index (χ0n) is 13.7. The lowest BCUT2D eigenvalue weighted by Crippen LogP contribution is -2.33. The van der Waals surface area contributed by atoms with Crippen molar-refractivity contribution in [2.24, 2.45) is 17.6 Å². The van der Waals surface area contributed by atoms with Gasteiger partial charge in [0.15, 0.2) is 0 Å². The van der Waals surface area contributed by atoms with Crippen LogP contribution in [0.2, 0.25) is 0 Å². The van der Waals surface area contributed by atoms with E-state index in [2.05, 4.69) is 21.0 Å². The maximum Gasteiger partial charge on any atom is 0.257 e. The van der Waals surface area contributed by atoms with Gasteiger partial charge in [0, 0.05) is 23.6 Å². The van der Waals surface area contributed by atoms with Gasteiger partial charge in [-0.15, -0.1) is 0 Å². The number of halogens is 1. The van der Waals surface area contributed by atoms with E-state index in [-0.39, 0.29) is 11.9 Å². The molecule has 1 saturated carbocycles. The van der Waals surface area contributed by atoms with E-state index in [1.165, 1.54) is 0 Å². The number of amides is 1. The van der Waals surface area contributed by atoms with Gasteiger partial charge < -0.3 is 10.6 Å². The van der Waals surface area contributed by atoms with Crippen LogP contribution in [0.3, 0.4) is 0 Å². The highest BCUT2D eigenvalue weighted by Crippen LogP contribution is 2.37. The van der Waals surface area contributed by atoms with Crippen molar-refractivity contribution in [3.05, 3.63) is 46.2 Å². The summed E-state index contributed by atoms with van der Waals surface area (Å²) < 4.78 is 2.81. The molecule has 1 aromatic carbocycles. The van der Waals surface area contributed by atoms with E-state index in [9.17, 15) is 4.79 Å². The summed E-state index contributed by atoms with van der Waals surface area (Å²) in [4.78, 5) is 14.9. The number of nitrogens with two attached hydrogens (primary N) is 1. The van der Waals surface area contributed by atoms with Crippen LogP contribution >= 0.6 is 15.9 Å². The Bertz CT molecular complexity index is 787. The number of aromatic nitrogens is 2. The molecule has 2 N–H and O–H groups in total. The Morgan fingerprint density at radius 1 is 1.33 bits per heavy atom. The van der Waals surface area contributed by atoms with Crippen LogP contribution < -0.4 is 5.73 Å². The lowest BCUT2D eigenvalue weighted by molar-refractivity contribution is 0.0779. The molecule has 1 amide bonds. The van der Waals surface area contributed by atoms with Crippen LogP contribution in [0.5, 0.6) is 0 Å². The summed E-state index contributed by atoms with van der Waals surface area (Å²) in [6.45, 7) is 3.56. The number of fused-ring (bicyclic) bond motifs is 1. The van der Waals surface area contributed by atoms with Crippen LogP contribution in [-0.4, -0.2) is 39.7 Å². The minimum absolute atomic E-state index is 0.0790. The van der Waals surface area contributed by atoms with E-state index in [1.54, 1.807) is 6.20 Å². The number of hydrogen-bond acceptors (Lipinski definition) is 3. The first-order valence-corrected chi connectivity index (χ1v) is 9.19. The van der Waals surface area contributed by atoms with Gasteiger partial charge in [0.1, 0.15) is 0 Å². The van der Waals surface area contributed by atoms with Crippen molar-refractivity contribution < 1.29 is 4.79 Å². The summed E-state index contributed by atoms with van der Waals surface area (Å²) in [5.74, 6) is 1.12. The third-order valence-electron chi connectivity index (χ3n) is 5.49. The molecule has 1 aliphatic carbocycles. The van der Waals surface area contributed by atoms with Crippen molar-refractivity contribution in [3.8, 4) is 5.69 Å². The largest absolute Gasteiger partial charge is 0.338 e. The van der Waals surface area contributed by atoms with Gasteiger partial charge in [-0.1, -0.05) is 22.0 Å². The maximum absolute atomic E-state index is 12.9. The minimum atomic E-state index is 0.0790. The van der Waals surface area contributed by atoms with Crippen molar-refractivity contribution >= 4 is 21.8 Å². The van der Waals surface area contributed by atoms with E-state index >= 15 is 0 Å². The van der Waals surface area contributed by atoms with Crippen LogP contribution in [0, 0.1) is 18.8 Å². The molecule has 1 aliphatic heterocycles. The first kappa shape index (κ1) is 15.8. The molecule has 1 aromatic heterocycles. The van der Waals surface area contributed by atoms with Crippen molar-refractivity contribution in [2.75, 3.05) is 13.1 Å². The summed E-state index contributed by atoms with van der Waals surface area (Å²) in [6, 6.07) is 8.16. The molecule has 2 fully saturated rings. The predicted octanol–water partition coefficient (Wildman–Crippen LogP) is 2.75. The summed E-state index contributed by atoms with van der Waals surface area (Å²) in [7, 11) is 0. The van der Waals surface area contributed by atoms with Gasteiger partial charge >= 0.3 is 0 Å². The molecule has 5 nitrogen and oxygen atoms in total. The Hall–Kier alpha value is -1.66. The van der Waals surface area contributed by atoms with E-state index in [0.29, 0.717) is 17.4 Å². The standard InChI is InChI=1S/C18H21BrN4O/c1-11-15(8-21-23(11)14-4-2-3-13(19)7-14)18(24)22-9-12-5-6-17(20)16(12)10-22/h2-4,7-8,12,16-17H,5-6,9-10,20H2,1H3. The fraction of sp³-hybridized carbons (Fsp3) is 0.444. The highest BCUT2D eigenvalue weighted by Gasteiger charge is 2.43. The average molecular weight is 389 g/mol. The summed E-state index contributed by atoms with van der Waals surface area (Å²) >= 11 is 3.48. The van der Waals surface area contributed by atoms with Gasteiger partial charge in [0.05, 0.1) is 23.1 Å². The molecular weight excluding hydrogens is 368 g/mol. The van der Waals surface area contributed by atoms with Gasteiger partial charge in [-0.2, -0.15) is 5.10 Å². The number of carbonyl (C=O) groups excluding carboxylic acids is 1. The van der Waals surface area contributed by atoms with Crippen LogP contribution in [0.15, 0.2) is 34.9 Å². The number of hydrogen-bond donors (Lipinski definition) is 1. The van der Waals surface area contributed by atoms with Crippen LogP contribution in [-0.2, 0) is 0 Å². The zero-order valence-corrected chi connectivity index (χ0v) is 15.2. The number of nitrogens with zero attached hydrogens (tertiary/aromatic N) is 3. The van der Waals surface area contributed by atoms with E-state index in [4.69, 9.17) is 5.73 Å². The Morgan fingerprint density at radius 2 is 2.17 bits per heavy atom. The molecule has 2 heterocycles. The summed E-state index contributed by atoms with van der Waals surface area (Å²) in [6.07, 6.45) is 3.93. The second kappa shape index (κ2) is 6.01. The number of likely N-dealkylation sites (tertiary alicyclic amines) is 1. The summed E-state index contributed by atoms with van der Waals surface area (Å²) in [5.41, 5.74) is 8.69. The van der Waals surface area contributed by atoms with Crippen molar-refractivity contribution in [1.82, 2.24) is 14.7 Å². The van der Waals surface area contributed by atoms with Crippen LogP contribution in [0.4, 0.5) is 0 Å². The molecule has 0 bridgehead atoms. The Morgan fingerprint density at radius 3 is 2.92 bits per heavy atom. The molecule has 3 atom stereocenters. The SMILES string of the molecule is Cc1c(C(=O)N2CC3CCC(N)C3C2)cnn1-c1cccc(Br)c1. The van der Waals surface area contributed by atoms with Gasteiger partial charge in [0.2, 0.25) is 0 Å². The second-order valence-electron chi connectivity index (χ2n) is 6.91. The smallest absolute Gasteiger partial charge is 0.257 e. The predicted molar refractivity (Wildman–Crippen MR) is 96.1 cm³/mol. The average Bonchev–Trinajstić information content (AvgIpc) is 3.23. The second-order valence-corrected chi connectivity index (χ2v) is 7.83. The molecular formula is C18H21BrN4O. The number of benzene rings is 1. The van der Waals surface area contributed by atoms with Gasteiger partial charge in [-0.05, 0) is 49.8 Å². The zero-order chi connectivity index (χ0) is 16.8. The topological polar surface area (TPSA) is 64.2 Å². The molecule has 24 heavy (non-hydrogen) atoms. The molecule has 2 aromatic rings. The van der Waals surface area contributed by atoms with E-state index in [1.807, 2.05) is 40.8 Å². The quantitative estimate of drug-likeness (QED) is 0.859. The first-order chi connectivity index (χ1) is 11.5. The molecule has 126 valence electrons. The number of rotatable bonds is 2. The Kier molecular flexibility index (Phi) is 3.96. The van der Waals surface area contributed by atoms with E-state index < -0.39 is 0 Å². The molecule has 3 unspecified atom stereocenters. The maximum atomic E-state index is 12.9. The Labute approximate surface area is 149 Å². The number of carbonyl (C=O) groups is 1. The third-order valence-corrected chi connectivity index (χ3v) is 5.99. The first-order valence-electron chi connectivity index (χ1n) is 8.40. The van der Waals surface area contributed by atoms with Gasteiger partial charge in [-0.25, -0.2) is 4.68 Å². The monoisotopic (exact) mass is 388 g/mol. The minimum Gasteiger partial charge on any atom is -0.338 e. The van der Waals surface area contributed by atoms with Gasteiger partial charge in [0.25, 0.3) is 5.91 Å². The fourth-order valence-electron chi connectivity index (χ4n) is 4.13. The highest BCUT2D eigenvalue weighted by molar-refractivity contribution is 9.10. The van der Waals surface area contributed by atoms with Crippen molar-refractivity contribution in [2.45, 2.75) is 25.8 Å². The van der Waals surface area contributed by atoms with E-state index in [0.717, 1.165) is 41.8 Å². The van der Waals surface area contributed by atoms with Gasteiger partial charge in [-0.3, -0.25) is 4.79 Å². The van der Waals surface area contributed by atoms with Crippen molar-refractivity contribution in [1.29, 1.82) is 0 Å². The highest BCUT2D eigenvalue weighted by atomic mass is 79.9. The Balaban J connectivity index is 1.58. The lowest BCUT2D eigenvalue weighted by atomic mass is 9.98. The van der Waals surface area contributed by atoms with Crippen LogP contribution in [0.25, 0.3) is 5.69 Å². The molecule has 0 spiro atoms. The normalized spacial score (nSPS) is 26.0. The molecule has 0 radical (unpaired) electrons. The molecule has 4 rings (SSSR count). The molecule has 1 saturated heterocycles. The molecule has 2 aliphatic rings. The summed E-state index contributed by atoms with van der Waals surface area (Å²) in [5, 5.41) is 4.43. The van der Waals surface area contributed by atoms with Crippen molar-refractivity contribution in [3.63, 3.8) is 0 Å².